The standard InChI is InChI=1S/C23H25N3O5S2/c1-16-18-10-6-7-11-20(18)31-21(16)23(28)25-24-22(27)19(12-14-32-2)26-33(29,30)15-13-17-8-4-3-5-9-17/h3-11,13,15,19,26H,12,14H2,1-2H3,(H,24,27)(H,25,28)/b15-13+/t19-/m0/s1. The quantitative estimate of drug-likeness (QED) is 0.399. The Morgan fingerprint density at radius 1 is 1.06 bits per heavy atom. The van der Waals surface area contributed by atoms with E-state index in [1.54, 1.807) is 43.3 Å². The number of carbonyl (C=O) groups is 2. The highest BCUT2D eigenvalue weighted by atomic mass is 32.2. The van der Waals surface area contributed by atoms with Gasteiger partial charge in [0.15, 0.2) is 5.76 Å². The molecule has 8 nitrogen and oxygen atoms in total. The smallest absolute Gasteiger partial charge is 0.305 e. The van der Waals surface area contributed by atoms with Gasteiger partial charge in [-0.25, -0.2) is 8.42 Å². The molecule has 0 aliphatic heterocycles. The molecule has 3 rings (SSSR count). The lowest BCUT2D eigenvalue weighted by Gasteiger charge is -2.17. The normalized spacial score (nSPS) is 12.7. The molecule has 2 aromatic carbocycles. The molecule has 2 amide bonds. The summed E-state index contributed by atoms with van der Waals surface area (Å²) >= 11 is 1.47. The highest BCUT2D eigenvalue weighted by Gasteiger charge is 2.24. The van der Waals surface area contributed by atoms with E-state index in [-0.39, 0.29) is 12.2 Å². The van der Waals surface area contributed by atoms with Crippen molar-refractivity contribution in [3.8, 4) is 0 Å². The number of aryl methyl sites for hydroxylation is 1. The summed E-state index contributed by atoms with van der Waals surface area (Å²) in [5.74, 6) is -0.696. The number of thioether (sulfide) groups is 1. The van der Waals surface area contributed by atoms with E-state index in [9.17, 15) is 18.0 Å². The van der Waals surface area contributed by atoms with Gasteiger partial charge in [-0.3, -0.25) is 20.4 Å². The molecule has 1 atom stereocenters. The van der Waals surface area contributed by atoms with Crippen LogP contribution in [0.2, 0.25) is 0 Å². The molecule has 0 radical (unpaired) electrons. The minimum atomic E-state index is -3.90. The topological polar surface area (TPSA) is 118 Å². The summed E-state index contributed by atoms with van der Waals surface area (Å²) in [6.07, 6.45) is 3.54. The molecule has 10 heteroatoms. The average molecular weight is 488 g/mol. The van der Waals surface area contributed by atoms with Crippen molar-refractivity contribution in [2.24, 2.45) is 0 Å². The molecule has 1 heterocycles. The molecule has 0 aliphatic rings. The summed E-state index contributed by atoms with van der Waals surface area (Å²) in [6.45, 7) is 1.75. The number of carbonyl (C=O) groups excluding carboxylic acids is 2. The van der Waals surface area contributed by atoms with Gasteiger partial charge in [-0.15, -0.1) is 0 Å². The van der Waals surface area contributed by atoms with Gasteiger partial charge in [0, 0.05) is 16.4 Å². The molecule has 0 unspecified atom stereocenters. The zero-order valence-corrected chi connectivity index (χ0v) is 19.8. The molecule has 174 valence electrons. The second-order valence-electron chi connectivity index (χ2n) is 7.21. The molecular formula is C23H25N3O5S2. The third kappa shape index (κ3) is 6.70. The first-order chi connectivity index (χ1) is 15.8. The average Bonchev–Trinajstić information content (AvgIpc) is 3.16. The van der Waals surface area contributed by atoms with Crippen LogP contribution in [-0.2, 0) is 14.8 Å². The van der Waals surface area contributed by atoms with E-state index >= 15 is 0 Å². The number of furan rings is 1. The number of fused-ring (bicyclic) bond motifs is 1. The maximum absolute atomic E-state index is 12.7. The maximum Gasteiger partial charge on any atom is 0.305 e. The molecule has 0 bridgehead atoms. The molecule has 0 saturated heterocycles. The van der Waals surface area contributed by atoms with E-state index in [1.165, 1.54) is 17.8 Å². The highest BCUT2D eigenvalue weighted by molar-refractivity contribution is 7.98. The zero-order valence-electron chi connectivity index (χ0n) is 18.2. The van der Waals surface area contributed by atoms with E-state index in [2.05, 4.69) is 15.6 Å². The summed E-state index contributed by atoms with van der Waals surface area (Å²) in [5.41, 5.74) is 6.52. The lowest BCUT2D eigenvalue weighted by Crippen LogP contribution is -2.52. The predicted octanol–water partition coefficient (Wildman–Crippen LogP) is 3.21. The Kier molecular flexibility index (Phi) is 8.32. The fourth-order valence-corrected chi connectivity index (χ4v) is 4.61. The van der Waals surface area contributed by atoms with Gasteiger partial charge < -0.3 is 4.42 Å². The largest absolute Gasteiger partial charge is 0.451 e. The van der Waals surface area contributed by atoms with Crippen LogP contribution in [0.1, 0.15) is 28.1 Å². The number of hydrazine groups is 1. The zero-order chi connectivity index (χ0) is 23.8. The van der Waals surface area contributed by atoms with Crippen molar-refractivity contribution in [2.75, 3.05) is 12.0 Å². The number of amides is 2. The Morgan fingerprint density at radius 2 is 1.76 bits per heavy atom. The summed E-state index contributed by atoms with van der Waals surface area (Å²) in [7, 11) is -3.90. The first kappa shape index (κ1) is 24.6. The number of hydrogen-bond donors (Lipinski definition) is 3. The van der Waals surface area contributed by atoms with Gasteiger partial charge in [0.05, 0.1) is 0 Å². The van der Waals surface area contributed by atoms with E-state index in [1.807, 2.05) is 24.5 Å². The Balaban J connectivity index is 1.66. The van der Waals surface area contributed by atoms with Crippen molar-refractivity contribution in [3.63, 3.8) is 0 Å². The van der Waals surface area contributed by atoms with E-state index in [0.29, 0.717) is 22.5 Å². The van der Waals surface area contributed by atoms with Crippen molar-refractivity contribution in [1.82, 2.24) is 15.6 Å². The van der Waals surface area contributed by atoms with Crippen LogP contribution in [0.15, 0.2) is 64.4 Å². The fourth-order valence-electron chi connectivity index (χ4n) is 3.10. The van der Waals surface area contributed by atoms with Gasteiger partial charge in [-0.2, -0.15) is 16.5 Å². The molecule has 0 saturated carbocycles. The third-order valence-corrected chi connectivity index (χ3v) is 6.57. The lowest BCUT2D eigenvalue weighted by atomic mass is 10.1. The Hall–Kier alpha value is -3.08. The Morgan fingerprint density at radius 3 is 2.45 bits per heavy atom. The van der Waals surface area contributed by atoms with Crippen molar-refractivity contribution in [1.29, 1.82) is 0 Å². The van der Waals surface area contributed by atoms with Crippen LogP contribution in [0.3, 0.4) is 0 Å². The van der Waals surface area contributed by atoms with E-state index in [0.717, 1.165) is 10.8 Å². The van der Waals surface area contributed by atoms with Gasteiger partial charge in [0.1, 0.15) is 11.6 Å². The van der Waals surface area contributed by atoms with E-state index in [4.69, 9.17) is 4.42 Å². The summed E-state index contributed by atoms with van der Waals surface area (Å²) < 4.78 is 33.0. The molecular weight excluding hydrogens is 462 g/mol. The maximum atomic E-state index is 12.7. The fraction of sp³-hybridized carbons (Fsp3) is 0.217. The lowest BCUT2D eigenvalue weighted by molar-refractivity contribution is -0.123. The number of benzene rings is 2. The molecule has 3 aromatic rings. The number of para-hydroxylation sites is 1. The third-order valence-electron chi connectivity index (χ3n) is 4.82. The van der Waals surface area contributed by atoms with Crippen LogP contribution in [0, 0.1) is 6.92 Å². The molecule has 1 aromatic heterocycles. The van der Waals surface area contributed by atoms with Crippen LogP contribution >= 0.6 is 11.8 Å². The molecule has 3 N–H and O–H groups in total. The molecule has 0 aliphatic carbocycles. The van der Waals surface area contributed by atoms with Crippen molar-refractivity contribution in [3.05, 3.63) is 76.9 Å². The van der Waals surface area contributed by atoms with Crippen molar-refractivity contribution < 1.29 is 22.4 Å². The Bertz CT molecular complexity index is 1250. The van der Waals surface area contributed by atoms with Gasteiger partial charge in [-0.05, 0) is 43.1 Å². The molecule has 33 heavy (non-hydrogen) atoms. The van der Waals surface area contributed by atoms with Crippen molar-refractivity contribution >= 4 is 50.6 Å². The Labute approximate surface area is 196 Å². The second kappa shape index (κ2) is 11.2. The van der Waals surface area contributed by atoms with Gasteiger partial charge >= 0.3 is 5.91 Å². The monoisotopic (exact) mass is 487 g/mol. The van der Waals surface area contributed by atoms with Crippen LogP contribution in [0.25, 0.3) is 17.0 Å². The SMILES string of the molecule is CSCC[C@H](NS(=O)(=O)/C=C/c1ccccc1)C(=O)NNC(=O)c1oc2ccccc2c1C. The highest BCUT2D eigenvalue weighted by Crippen LogP contribution is 2.24. The number of sulfonamides is 1. The van der Waals surface area contributed by atoms with Gasteiger partial charge in [0.2, 0.25) is 10.0 Å². The summed E-state index contributed by atoms with van der Waals surface area (Å²) in [5, 5.41) is 1.81. The predicted molar refractivity (Wildman–Crippen MR) is 131 cm³/mol. The van der Waals surface area contributed by atoms with E-state index < -0.39 is 27.9 Å². The molecule has 0 fully saturated rings. The van der Waals surface area contributed by atoms with Crippen LogP contribution in [0.4, 0.5) is 0 Å². The van der Waals surface area contributed by atoms with Crippen LogP contribution in [-0.4, -0.2) is 38.3 Å². The number of nitrogens with one attached hydrogen (secondary N) is 3. The summed E-state index contributed by atoms with van der Waals surface area (Å²) in [6, 6.07) is 15.1. The number of hydrogen-bond acceptors (Lipinski definition) is 6. The first-order valence-corrected chi connectivity index (χ1v) is 13.1. The van der Waals surface area contributed by atoms with Crippen LogP contribution < -0.4 is 15.6 Å². The molecule has 0 spiro atoms. The summed E-state index contributed by atoms with van der Waals surface area (Å²) in [4.78, 5) is 25.2. The van der Waals surface area contributed by atoms with Crippen LogP contribution in [0.5, 0.6) is 0 Å². The van der Waals surface area contributed by atoms with Crippen molar-refractivity contribution in [2.45, 2.75) is 19.4 Å². The van der Waals surface area contributed by atoms with Gasteiger partial charge in [0.25, 0.3) is 5.91 Å². The second-order valence-corrected chi connectivity index (χ2v) is 9.79. The minimum Gasteiger partial charge on any atom is -0.451 e. The first-order valence-electron chi connectivity index (χ1n) is 10.1. The van der Waals surface area contributed by atoms with Gasteiger partial charge in [-0.1, -0.05) is 48.5 Å². The number of rotatable bonds is 9. The minimum absolute atomic E-state index is 0.0727.